The van der Waals surface area contributed by atoms with Crippen LogP contribution >= 0.6 is 0 Å². The average molecular weight is 269 g/mol. The third-order valence-electron chi connectivity index (χ3n) is 3.79. The molecule has 1 saturated heterocycles. The van der Waals surface area contributed by atoms with Crippen molar-refractivity contribution in [1.29, 1.82) is 0 Å². The summed E-state index contributed by atoms with van der Waals surface area (Å²) in [6.45, 7) is 0. The molecule has 1 fully saturated rings. The molecule has 20 heavy (non-hydrogen) atoms. The summed E-state index contributed by atoms with van der Waals surface area (Å²) in [5, 5.41) is 4.19. The van der Waals surface area contributed by atoms with Crippen LogP contribution in [0, 0.1) is 0 Å². The highest BCUT2D eigenvalue weighted by Gasteiger charge is 2.30. The Kier molecular flexibility index (Phi) is 2.24. The maximum Gasteiger partial charge on any atom is 0.234 e. The predicted octanol–water partition coefficient (Wildman–Crippen LogP) is 2.70. The van der Waals surface area contributed by atoms with Gasteiger partial charge in [-0.2, -0.15) is 0 Å². The molecule has 1 atom stereocenters. The van der Waals surface area contributed by atoms with E-state index in [2.05, 4.69) is 5.32 Å². The molecule has 3 aromatic rings. The first-order valence-electron chi connectivity index (χ1n) is 6.44. The first-order valence-corrected chi connectivity index (χ1v) is 6.44. The van der Waals surface area contributed by atoms with Crippen molar-refractivity contribution in [3.8, 4) is 0 Å². The normalized spacial score (nSPS) is 19.7. The smallest absolute Gasteiger partial charge is 0.234 e. The molecule has 100 valence electrons. The van der Waals surface area contributed by atoms with Gasteiger partial charge in [0.25, 0.3) is 0 Å². The van der Waals surface area contributed by atoms with Crippen molar-refractivity contribution >= 4 is 33.8 Å². The van der Waals surface area contributed by atoms with E-state index in [0.29, 0.717) is 12.8 Å². The zero-order valence-corrected chi connectivity index (χ0v) is 10.5. The number of amides is 2. The molecular weight excluding hydrogens is 258 g/mol. The minimum atomic E-state index is -0.346. The maximum absolute atomic E-state index is 12.0. The van der Waals surface area contributed by atoms with Crippen molar-refractivity contribution in [3.05, 3.63) is 36.3 Å². The number of carbonyl (C=O) groups excluding carboxylic acids is 2. The Balaban J connectivity index is 1.86. The van der Waals surface area contributed by atoms with Gasteiger partial charge in [0.2, 0.25) is 11.8 Å². The fraction of sp³-hybridized carbons (Fsp3) is 0.200. The Morgan fingerprint density at radius 2 is 2.05 bits per heavy atom. The summed E-state index contributed by atoms with van der Waals surface area (Å²) < 4.78 is 10.9. The van der Waals surface area contributed by atoms with E-state index in [0.717, 1.165) is 27.5 Å². The second kappa shape index (κ2) is 3.96. The van der Waals surface area contributed by atoms with Gasteiger partial charge >= 0.3 is 0 Å². The molecule has 0 radical (unpaired) electrons. The minimum Gasteiger partial charge on any atom is -0.464 e. The first-order chi connectivity index (χ1) is 9.72. The van der Waals surface area contributed by atoms with Crippen molar-refractivity contribution < 1.29 is 18.4 Å². The SMILES string of the molecule is O=C1CC[C@@H](c2coc3cc4ccoc4cc23)C(=O)N1. The Bertz CT molecular complexity index is 842. The van der Waals surface area contributed by atoms with Crippen LogP contribution < -0.4 is 5.32 Å². The number of benzene rings is 1. The van der Waals surface area contributed by atoms with Crippen LogP contribution in [0.5, 0.6) is 0 Å². The number of carbonyl (C=O) groups is 2. The number of nitrogens with one attached hydrogen (secondary N) is 1. The minimum absolute atomic E-state index is 0.215. The molecule has 0 aliphatic carbocycles. The van der Waals surface area contributed by atoms with Gasteiger partial charge in [-0.1, -0.05) is 0 Å². The fourth-order valence-electron chi connectivity index (χ4n) is 2.76. The van der Waals surface area contributed by atoms with Gasteiger partial charge in [0.05, 0.1) is 18.4 Å². The molecule has 0 unspecified atom stereocenters. The largest absolute Gasteiger partial charge is 0.464 e. The van der Waals surface area contributed by atoms with Crippen LogP contribution in [0.1, 0.15) is 24.3 Å². The Morgan fingerprint density at radius 3 is 2.90 bits per heavy atom. The van der Waals surface area contributed by atoms with Gasteiger partial charge in [-0.05, 0) is 24.6 Å². The van der Waals surface area contributed by atoms with Gasteiger partial charge in [-0.15, -0.1) is 0 Å². The Hall–Kier alpha value is -2.56. The maximum atomic E-state index is 12.0. The number of hydrogen-bond donors (Lipinski definition) is 1. The van der Waals surface area contributed by atoms with Crippen LogP contribution in [0.25, 0.3) is 21.9 Å². The lowest BCUT2D eigenvalue weighted by atomic mass is 9.90. The Morgan fingerprint density at radius 1 is 1.15 bits per heavy atom. The fourth-order valence-corrected chi connectivity index (χ4v) is 2.76. The molecule has 1 N–H and O–H groups in total. The summed E-state index contributed by atoms with van der Waals surface area (Å²) in [7, 11) is 0. The summed E-state index contributed by atoms with van der Waals surface area (Å²) in [6.07, 6.45) is 4.08. The number of imide groups is 1. The highest BCUT2D eigenvalue weighted by molar-refractivity contribution is 6.04. The van der Waals surface area contributed by atoms with E-state index in [1.165, 1.54) is 0 Å². The van der Waals surface area contributed by atoms with Crippen molar-refractivity contribution in [2.75, 3.05) is 0 Å². The van der Waals surface area contributed by atoms with Crippen LogP contribution in [-0.2, 0) is 9.59 Å². The highest BCUT2D eigenvalue weighted by Crippen LogP contribution is 2.34. The van der Waals surface area contributed by atoms with Crippen LogP contribution in [-0.4, -0.2) is 11.8 Å². The highest BCUT2D eigenvalue weighted by atomic mass is 16.3. The predicted molar refractivity (Wildman–Crippen MR) is 71.1 cm³/mol. The first kappa shape index (κ1) is 11.3. The summed E-state index contributed by atoms with van der Waals surface area (Å²) in [5.41, 5.74) is 2.29. The molecule has 2 amide bonds. The summed E-state index contributed by atoms with van der Waals surface area (Å²) in [4.78, 5) is 23.2. The lowest BCUT2D eigenvalue weighted by Crippen LogP contribution is -2.39. The van der Waals surface area contributed by atoms with E-state index < -0.39 is 0 Å². The Labute approximate surface area is 113 Å². The summed E-state index contributed by atoms with van der Waals surface area (Å²) >= 11 is 0. The number of fused-ring (bicyclic) bond motifs is 2. The molecule has 0 spiro atoms. The van der Waals surface area contributed by atoms with Crippen molar-refractivity contribution in [3.63, 3.8) is 0 Å². The number of piperidine rings is 1. The van der Waals surface area contributed by atoms with Crippen LogP contribution in [0.3, 0.4) is 0 Å². The molecular formula is C15H11NO4. The van der Waals surface area contributed by atoms with E-state index in [4.69, 9.17) is 8.83 Å². The van der Waals surface area contributed by atoms with Gasteiger partial charge in [0.15, 0.2) is 0 Å². The molecule has 0 bridgehead atoms. The monoisotopic (exact) mass is 269 g/mol. The van der Waals surface area contributed by atoms with Gasteiger partial charge < -0.3 is 8.83 Å². The van der Waals surface area contributed by atoms with E-state index in [9.17, 15) is 9.59 Å². The third-order valence-corrected chi connectivity index (χ3v) is 3.79. The lowest BCUT2D eigenvalue weighted by molar-refractivity contribution is -0.134. The zero-order valence-electron chi connectivity index (χ0n) is 10.5. The average Bonchev–Trinajstić information content (AvgIpc) is 3.02. The molecule has 0 saturated carbocycles. The second-order valence-electron chi connectivity index (χ2n) is 5.00. The van der Waals surface area contributed by atoms with Gasteiger partial charge in [-0.25, -0.2) is 0 Å². The second-order valence-corrected chi connectivity index (χ2v) is 5.00. The third kappa shape index (κ3) is 1.56. The molecule has 2 aromatic heterocycles. The number of rotatable bonds is 1. The molecule has 1 aromatic carbocycles. The van der Waals surface area contributed by atoms with Gasteiger partial charge in [0, 0.05) is 22.8 Å². The summed E-state index contributed by atoms with van der Waals surface area (Å²) in [6, 6.07) is 5.64. The molecule has 4 rings (SSSR count). The van der Waals surface area contributed by atoms with Gasteiger partial charge in [0.1, 0.15) is 11.2 Å². The van der Waals surface area contributed by atoms with E-state index >= 15 is 0 Å². The molecule has 1 aliphatic rings. The topological polar surface area (TPSA) is 72.5 Å². The van der Waals surface area contributed by atoms with Crippen molar-refractivity contribution in [1.82, 2.24) is 5.32 Å². The van der Waals surface area contributed by atoms with Crippen molar-refractivity contribution in [2.45, 2.75) is 18.8 Å². The number of furan rings is 2. The summed E-state index contributed by atoms with van der Waals surface area (Å²) in [5.74, 6) is -0.822. The van der Waals surface area contributed by atoms with Crippen LogP contribution in [0.2, 0.25) is 0 Å². The molecule has 5 heteroatoms. The van der Waals surface area contributed by atoms with Crippen molar-refractivity contribution in [2.24, 2.45) is 0 Å². The lowest BCUT2D eigenvalue weighted by Gasteiger charge is -2.19. The molecule has 5 nitrogen and oxygen atoms in total. The van der Waals surface area contributed by atoms with E-state index in [-0.39, 0.29) is 17.7 Å². The van der Waals surface area contributed by atoms with Crippen LogP contribution in [0.4, 0.5) is 0 Å². The quantitative estimate of drug-likeness (QED) is 0.689. The number of hydrogen-bond acceptors (Lipinski definition) is 4. The molecule has 3 heterocycles. The standard InChI is InChI=1S/C15H11NO4/c17-14-2-1-9(15(18)16-14)11-7-20-13-5-8-3-4-19-12(8)6-10(11)13/h3-7,9H,1-2H2,(H,16,17,18)/t9-/m0/s1. The van der Waals surface area contributed by atoms with Crippen LogP contribution in [0.15, 0.2) is 39.6 Å². The zero-order chi connectivity index (χ0) is 13.7. The molecule has 1 aliphatic heterocycles. The van der Waals surface area contributed by atoms with E-state index in [1.807, 2.05) is 18.2 Å². The van der Waals surface area contributed by atoms with E-state index in [1.54, 1.807) is 12.5 Å². The van der Waals surface area contributed by atoms with Gasteiger partial charge in [-0.3, -0.25) is 14.9 Å².